The summed E-state index contributed by atoms with van der Waals surface area (Å²) in [6, 6.07) is 13.6. The molecule has 1 saturated heterocycles. The lowest BCUT2D eigenvalue weighted by atomic mass is 10.1. The number of para-hydroxylation sites is 1. The molecule has 140 valence electrons. The summed E-state index contributed by atoms with van der Waals surface area (Å²) in [6.45, 7) is 1.59. The Bertz CT molecular complexity index is 1030. The molecule has 2 aromatic carbocycles. The minimum absolute atomic E-state index is 0.0216. The molecule has 0 aromatic heterocycles. The molecular weight excluding hydrogens is 384 g/mol. The highest BCUT2D eigenvalue weighted by Crippen LogP contribution is 2.55. The fourth-order valence-corrected chi connectivity index (χ4v) is 5.74. The zero-order valence-electron chi connectivity index (χ0n) is 14.6. The Kier molecular flexibility index (Phi) is 4.27. The van der Waals surface area contributed by atoms with E-state index in [-0.39, 0.29) is 22.5 Å². The van der Waals surface area contributed by atoms with E-state index in [1.54, 1.807) is 24.0 Å². The van der Waals surface area contributed by atoms with Crippen molar-refractivity contribution in [1.29, 1.82) is 0 Å². The second-order valence-electron chi connectivity index (χ2n) is 6.47. The summed E-state index contributed by atoms with van der Waals surface area (Å²) in [5.74, 6) is -0.319. The summed E-state index contributed by atoms with van der Waals surface area (Å²) < 4.78 is 23.8. The summed E-state index contributed by atoms with van der Waals surface area (Å²) in [6.07, 6.45) is 0.752. The Balaban J connectivity index is 1.61. The second kappa shape index (κ2) is 6.38. The molecule has 8 heteroatoms. The number of benzene rings is 2. The van der Waals surface area contributed by atoms with E-state index in [9.17, 15) is 18.0 Å². The number of anilines is 2. The van der Waals surface area contributed by atoms with Crippen molar-refractivity contribution in [1.82, 2.24) is 0 Å². The highest BCUT2D eigenvalue weighted by atomic mass is 32.2. The molecule has 2 aliphatic rings. The van der Waals surface area contributed by atoms with Crippen LogP contribution >= 0.6 is 11.8 Å². The van der Waals surface area contributed by atoms with Crippen molar-refractivity contribution in [3.8, 4) is 0 Å². The van der Waals surface area contributed by atoms with Gasteiger partial charge in [-0.1, -0.05) is 30.8 Å². The van der Waals surface area contributed by atoms with Crippen molar-refractivity contribution in [3.05, 3.63) is 48.5 Å². The maximum absolute atomic E-state index is 13.1. The van der Waals surface area contributed by atoms with E-state index in [1.165, 1.54) is 23.9 Å². The zero-order chi connectivity index (χ0) is 19.2. The molecule has 0 spiro atoms. The van der Waals surface area contributed by atoms with Gasteiger partial charge in [-0.25, -0.2) is 8.42 Å². The van der Waals surface area contributed by atoms with Gasteiger partial charge in [0.05, 0.1) is 16.3 Å². The molecule has 2 aromatic rings. The van der Waals surface area contributed by atoms with Crippen LogP contribution in [0.4, 0.5) is 11.4 Å². The van der Waals surface area contributed by atoms with Crippen molar-refractivity contribution in [2.45, 2.75) is 34.4 Å². The van der Waals surface area contributed by atoms with Crippen molar-refractivity contribution >= 4 is 44.8 Å². The van der Waals surface area contributed by atoms with Gasteiger partial charge in [-0.2, -0.15) is 0 Å². The smallest absolute Gasteiger partial charge is 0.261 e. The first kappa shape index (κ1) is 18.1. The van der Waals surface area contributed by atoms with E-state index in [1.807, 2.05) is 24.3 Å². The Hall–Kier alpha value is -2.32. The van der Waals surface area contributed by atoms with Crippen molar-refractivity contribution in [2.75, 3.05) is 16.0 Å². The van der Waals surface area contributed by atoms with E-state index in [0.29, 0.717) is 18.5 Å². The highest BCUT2D eigenvalue weighted by Gasteiger charge is 2.57. The summed E-state index contributed by atoms with van der Waals surface area (Å²) in [5.41, 5.74) is 1.27. The lowest BCUT2D eigenvalue weighted by Crippen LogP contribution is -2.49. The van der Waals surface area contributed by atoms with Crippen molar-refractivity contribution in [2.24, 2.45) is 0 Å². The number of nitrogens with one attached hydrogen (secondary N) is 1. The first-order valence-corrected chi connectivity index (χ1v) is 11.1. The molecule has 0 saturated carbocycles. The minimum atomic E-state index is -3.29. The van der Waals surface area contributed by atoms with Crippen LogP contribution in [0.25, 0.3) is 0 Å². The highest BCUT2D eigenvalue weighted by molar-refractivity contribution is 8.02. The molecular formula is C19H18N2O4S2. The normalized spacial score (nSPS) is 21.1. The predicted molar refractivity (Wildman–Crippen MR) is 105 cm³/mol. The number of amides is 2. The number of sulfone groups is 1. The Labute approximate surface area is 161 Å². The maximum Gasteiger partial charge on any atom is 0.261 e. The number of rotatable bonds is 4. The third kappa shape index (κ3) is 2.83. The second-order valence-corrected chi connectivity index (χ2v) is 10.1. The lowest BCUT2D eigenvalue weighted by molar-refractivity contribution is -0.121. The van der Waals surface area contributed by atoms with Crippen LogP contribution in [-0.2, 0) is 19.4 Å². The van der Waals surface area contributed by atoms with Crippen LogP contribution in [0.1, 0.15) is 19.8 Å². The van der Waals surface area contributed by atoms with E-state index >= 15 is 0 Å². The number of carbonyl (C=O) groups excluding carboxylic acids is 2. The van der Waals surface area contributed by atoms with Gasteiger partial charge in [0.25, 0.3) is 5.91 Å². The standard InChI is InChI=1S/C19H18N2O4S2/c1-2-27(24,25)14-9-7-13(8-10-14)20-18(23)19-12-11-17(22)21(19)15-5-3-4-6-16(15)26-19/h3-10H,2,11-12H2,1H3,(H,20,23). The molecule has 6 nitrogen and oxygen atoms in total. The molecule has 2 heterocycles. The van der Waals surface area contributed by atoms with Crippen LogP contribution in [-0.4, -0.2) is 30.9 Å². The van der Waals surface area contributed by atoms with E-state index in [4.69, 9.17) is 0 Å². The van der Waals surface area contributed by atoms with Gasteiger partial charge in [0.2, 0.25) is 5.91 Å². The Morgan fingerprint density at radius 2 is 1.89 bits per heavy atom. The van der Waals surface area contributed by atoms with Gasteiger partial charge in [-0.15, -0.1) is 0 Å². The summed E-state index contributed by atoms with van der Waals surface area (Å²) in [7, 11) is -3.29. The number of nitrogens with zero attached hydrogens (tertiary/aromatic N) is 1. The topological polar surface area (TPSA) is 83.5 Å². The number of carbonyl (C=O) groups is 2. The molecule has 2 amide bonds. The van der Waals surface area contributed by atoms with Crippen molar-refractivity contribution in [3.63, 3.8) is 0 Å². The fourth-order valence-electron chi connectivity index (χ4n) is 3.44. The number of hydrogen-bond acceptors (Lipinski definition) is 5. The predicted octanol–water partition coefficient (Wildman–Crippen LogP) is 3.05. The van der Waals surface area contributed by atoms with E-state index in [0.717, 1.165) is 10.6 Å². The van der Waals surface area contributed by atoms with Gasteiger partial charge >= 0.3 is 0 Å². The van der Waals surface area contributed by atoms with Crippen molar-refractivity contribution < 1.29 is 18.0 Å². The van der Waals surface area contributed by atoms with Crippen LogP contribution in [0.5, 0.6) is 0 Å². The molecule has 2 aliphatic heterocycles. The third-order valence-corrected chi connectivity index (χ3v) is 8.10. The molecule has 0 bridgehead atoms. The average Bonchev–Trinajstić information content (AvgIpc) is 3.18. The largest absolute Gasteiger partial charge is 0.323 e. The molecule has 1 fully saturated rings. The molecule has 1 unspecified atom stereocenters. The Morgan fingerprint density at radius 1 is 1.19 bits per heavy atom. The zero-order valence-corrected chi connectivity index (χ0v) is 16.3. The molecule has 27 heavy (non-hydrogen) atoms. The van der Waals surface area contributed by atoms with Gasteiger partial charge in [0.1, 0.15) is 0 Å². The summed E-state index contributed by atoms with van der Waals surface area (Å²) in [5, 5.41) is 2.85. The first-order chi connectivity index (χ1) is 12.9. The molecule has 1 N–H and O–H groups in total. The number of thioether (sulfide) groups is 1. The monoisotopic (exact) mass is 402 g/mol. The Morgan fingerprint density at radius 3 is 2.59 bits per heavy atom. The summed E-state index contributed by atoms with van der Waals surface area (Å²) >= 11 is 1.39. The van der Waals surface area contributed by atoms with Crippen LogP contribution in [0.3, 0.4) is 0 Å². The van der Waals surface area contributed by atoms with E-state index in [2.05, 4.69) is 5.32 Å². The average molecular weight is 402 g/mol. The van der Waals surface area contributed by atoms with Crippen LogP contribution in [0.15, 0.2) is 58.3 Å². The summed E-state index contributed by atoms with van der Waals surface area (Å²) in [4.78, 5) is 27.3. The molecule has 0 radical (unpaired) electrons. The molecule has 4 rings (SSSR count). The van der Waals surface area contributed by atoms with Gasteiger partial charge in [-0.05, 0) is 42.8 Å². The molecule has 1 atom stereocenters. The third-order valence-electron chi connectivity index (χ3n) is 4.88. The maximum atomic E-state index is 13.1. The molecule has 0 aliphatic carbocycles. The fraction of sp³-hybridized carbons (Fsp3) is 0.263. The lowest BCUT2D eigenvalue weighted by Gasteiger charge is -2.29. The minimum Gasteiger partial charge on any atom is -0.323 e. The SMILES string of the molecule is CCS(=O)(=O)c1ccc(NC(=O)C23CCC(=O)N2c2ccccc2S3)cc1. The first-order valence-electron chi connectivity index (χ1n) is 8.63. The number of fused-ring (bicyclic) bond motifs is 3. The van der Waals surface area contributed by atoms with Gasteiger partial charge in [-0.3, -0.25) is 14.5 Å². The van der Waals surface area contributed by atoms with E-state index < -0.39 is 14.7 Å². The van der Waals surface area contributed by atoms with Crippen LogP contribution in [0, 0.1) is 0 Å². The number of hydrogen-bond donors (Lipinski definition) is 1. The van der Waals surface area contributed by atoms with Gasteiger partial charge in [0.15, 0.2) is 14.7 Å². The van der Waals surface area contributed by atoms with Gasteiger partial charge in [0, 0.05) is 17.0 Å². The van der Waals surface area contributed by atoms with Crippen LogP contribution in [0.2, 0.25) is 0 Å². The van der Waals surface area contributed by atoms with Crippen LogP contribution < -0.4 is 10.2 Å². The van der Waals surface area contributed by atoms with Gasteiger partial charge < -0.3 is 5.32 Å². The quantitative estimate of drug-likeness (QED) is 0.850.